The summed E-state index contributed by atoms with van der Waals surface area (Å²) in [5.41, 5.74) is 7.01. The molecular weight excluding hydrogens is 344 g/mol. The van der Waals surface area contributed by atoms with E-state index in [4.69, 9.17) is 15.2 Å². The Bertz CT molecular complexity index is 907. The number of amides is 1. The molecule has 0 unspecified atom stereocenters. The van der Waals surface area contributed by atoms with Crippen LogP contribution in [0.1, 0.15) is 10.4 Å². The standard InChI is InChI=1S/C21H18N2O4/c22-16-8-6-15(7-9-16)21(25)26-14-20(24)23-17-10-12-19(13-11-17)27-18-4-2-1-3-5-18/h1-13H,14,22H2,(H,23,24). The van der Waals surface area contributed by atoms with E-state index in [9.17, 15) is 9.59 Å². The Balaban J connectivity index is 1.49. The summed E-state index contributed by atoms with van der Waals surface area (Å²) in [6.07, 6.45) is 0. The van der Waals surface area contributed by atoms with Crippen molar-refractivity contribution in [3.8, 4) is 11.5 Å². The largest absolute Gasteiger partial charge is 0.457 e. The molecule has 0 saturated heterocycles. The molecule has 6 heteroatoms. The second-order valence-corrected chi connectivity index (χ2v) is 5.69. The summed E-state index contributed by atoms with van der Waals surface area (Å²) < 4.78 is 10.7. The normalized spacial score (nSPS) is 10.1. The third-order valence-electron chi connectivity index (χ3n) is 3.60. The minimum atomic E-state index is -0.586. The Morgan fingerprint density at radius 1 is 0.815 bits per heavy atom. The Morgan fingerprint density at radius 3 is 2.11 bits per heavy atom. The summed E-state index contributed by atoms with van der Waals surface area (Å²) in [5.74, 6) is 0.352. The van der Waals surface area contributed by atoms with Crippen LogP contribution in [0.25, 0.3) is 0 Å². The van der Waals surface area contributed by atoms with Crippen molar-refractivity contribution in [3.05, 3.63) is 84.4 Å². The molecule has 3 N–H and O–H groups in total. The zero-order valence-electron chi connectivity index (χ0n) is 14.4. The van der Waals surface area contributed by atoms with Gasteiger partial charge in [-0.15, -0.1) is 0 Å². The minimum Gasteiger partial charge on any atom is -0.457 e. The molecular formula is C21H18N2O4. The predicted molar refractivity (Wildman–Crippen MR) is 103 cm³/mol. The average molecular weight is 362 g/mol. The van der Waals surface area contributed by atoms with Crippen LogP contribution in [0.3, 0.4) is 0 Å². The van der Waals surface area contributed by atoms with E-state index in [0.717, 1.165) is 5.75 Å². The number of esters is 1. The van der Waals surface area contributed by atoms with Crippen LogP contribution in [0.2, 0.25) is 0 Å². The molecule has 0 bridgehead atoms. The zero-order chi connectivity index (χ0) is 19.1. The predicted octanol–water partition coefficient (Wildman–Crippen LogP) is 3.86. The van der Waals surface area contributed by atoms with Crippen LogP contribution < -0.4 is 15.8 Å². The van der Waals surface area contributed by atoms with Crippen LogP contribution >= 0.6 is 0 Å². The molecule has 0 saturated carbocycles. The number of benzene rings is 3. The number of hydrogen-bond donors (Lipinski definition) is 2. The van der Waals surface area contributed by atoms with Gasteiger partial charge in [-0.2, -0.15) is 0 Å². The topological polar surface area (TPSA) is 90.7 Å². The zero-order valence-corrected chi connectivity index (χ0v) is 14.4. The summed E-state index contributed by atoms with van der Waals surface area (Å²) in [5, 5.41) is 2.66. The van der Waals surface area contributed by atoms with Crippen molar-refractivity contribution < 1.29 is 19.1 Å². The van der Waals surface area contributed by atoms with Gasteiger partial charge in [-0.05, 0) is 60.7 Å². The van der Waals surface area contributed by atoms with E-state index in [1.54, 1.807) is 48.5 Å². The first-order valence-electron chi connectivity index (χ1n) is 8.25. The van der Waals surface area contributed by atoms with E-state index in [2.05, 4.69) is 5.32 Å². The van der Waals surface area contributed by atoms with Gasteiger partial charge in [-0.3, -0.25) is 4.79 Å². The summed E-state index contributed by atoms with van der Waals surface area (Å²) in [4.78, 5) is 23.8. The van der Waals surface area contributed by atoms with E-state index in [0.29, 0.717) is 22.7 Å². The molecule has 3 aromatic rings. The molecule has 0 aliphatic carbocycles. The number of nitrogen functional groups attached to an aromatic ring is 1. The first kappa shape index (κ1) is 18.0. The van der Waals surface area contributed by atoms with Crippen LogP contribution in [0.15, 0.2) is 78.9 Å². The number of carbonyl (C=O) groups is 2. The Morgan fingerprint density at radius 2 is 1.44 bits per heavy atom. The second kappa shape index (κ2) is 8.53. The van der Waals surface area contributed by atoms with Crippen LogP contribution in [-0.4, -0.2) is 18.5 Å². The van der Waals surface area contributed by atoms with E-state index in [1.165, 1.54) is 0 Å². The van der Waals surface area contributed by atoms with Gasteiger partial charge in [0.15, 0.2) is 6.61 Å². The number of carbonyl (C=O) groups excluding carboxylic acids is 2. The molecule has 0 spiro atoms. The number of nitrogens with one attached hydrogen (secondary N) is 1. The maximum Gasteiger partial charge on any atom is 0.338 e. The highest BCUT2D eigenvalue weighted by molar-refractivity contribution is 5.95. The van der Waals surface area contributed by atoms with Gasteiger partial charge in [0, 0.05) is 11.4 Å². The third kappa shape index (κ3) is 5.34. The molecule has 0 fully saturated rings. The lowest BCUT2D eigenvalue weighted by molar-refractivity contribution is -0.119. The van der Waals surface area contributed by atoms with Gasteiger partial charge in [-0.25, -0.2) is 4.79 Å². The minimum absolute atomic E-state index is 0.333. The fourth-order valence-electron chi connectivity index (χ4n) is 2.26. The van der Waals surface area contributed by atoms with Crippen molar-refractivity contribution in [2.45, 2.75) is 0 Å². The van der Waals surface area contributed by atoms with Crippen LogP contribution in [0, 0.1) is 0 Å². The van der Waals surface area contributed by atoms with Gasteiger partial charge in [0.1, 0.15) is 11.5 Å². The lowest BCUT2D eigenvalue weighted by Gasteiger charge is -2.09. The maximum absolute atomic E-state index is 11.9. The highest BCUT2D eigenvalue weighted by Gasteiger charge is 2.10. The summed E-state index contributed by atoms with van der Waals surface area (Å²) >= 11 is 0. The molecule has 0 aliphatic heterocycles. The van der Waals surface area contributed by atoms with E-state index in [-0.39, 0.29) is 6.61 Å². The van der Waals surface area contributed by atoms with Crippen LogP contribution in [0.5, 0.6) is 11.5 Å². The highest BCUT2D eigenvalue weighted by atomic mass is 16.5. The van der Waals surface area contributed by atoms with E-state index >= 15 is 0 Å². The number of ether oxygens (including phenoxy) is 2. The van der Waals surface area contributed by atoms with Crippen molar-refractivity contribution >= 4 is 23.3 Å². The molecule has 136 valence electrons. The average Bonchev–Trinajstić information content (AvgIpc) is 2.69. The van der Waals surface area contributed by atoms with Gasteiger partial charge in [0.2, 0.25) is 0 Å². The van der Waals surface area contributed by atoms with Gasteiger partial charge >= 0.3 is 5.97 Å². The monoisotopic (exact) mass is 362 g/mol. The molecule has 3 aromatic carbocycles. The fraction of sp³-hybridized carbons (Fsp3) is 0.0476. The quantitative estimate of drug-likeness (QED) is 0.513. The number of rotatable bonds is 6. The van der Waals surface area contributed by atoms with E-state index in [1.807, 2.05) is 30.3 Å². The number of para-hydroxylation sites is 1. The Hall–Kier alpha value is -3.80. The Kier molecular flexibility index (Phi) is 5.69. The maximum atomic E-state index is 11.9. The summed E-state index contributed by atoms with van der Waals surface area (Å²) in [6, 6.07) is 22.5. The molecule has 3 rings (SSSR count). The van der Waals surface area contributed by atoms with Crippen molar-refractivity contribution in [2.24, 2.45) is 0 Å². The first-order valence-corrected chi connectivity index (χ1v) is 8.25. The SMILES string of the molecule is Nc1ccc(C(=O)OCC(=O)Nc2ccc(Oc3ccccc3)cc2)cc1. The third-order valence-corrected chi connectivity index (χ3v) is 3.60. The summed E-state index contributed by atoms with van der Waals surface area (Å²) in [6.45, 7) is -0.383. The smallest absolute Gasteiger partial charge is 0.338 e. The second-order valence-electron chi connectivity index (χ2n) is 5.69. The van der Waals surface area contributed by atoms with Crippen molar-refractivity contribution in [2.75, 3.05) is 17.7 Å². The number of nitrogens with two attached hydrogens (primary N) is 1. The van der Waals surface area contributed by atoms with Crippen molar-refractivity contribution in [1.82, 2.24) is 0 Å². The fourth-order valence-corrected chi connectivity index (χ4v) is 2.26. The van der Waals surface area contributed by atoms with Crippen molar-refractivity contribution in [3.63, 3.8) is 0 Å². The lowest BCUT2D eigenvalue weighted by atomic mass is 10.2. The molecule has 0 atom stereocenters. The molecule has 0 aliphatic rings. The van der Waals surface area contributed by atoms with Crippen molar-refractivity contribution in [1.29, 1.82) is 0 Å². The van der Waals surface area contributed by atoms with Gasteiger partial charge < -0.3 is 20.5 Å². The molecule has 0 heterocycles. The molecule has 27 heavy (non-hydrogen) atoms. The molecule has 0 aromatic heterocycles. The van der Waals surface area contributed by atoms with Crippen LogP contribution in [0.4, 0.5) is 11.4 Å². The number of anilines is 2. The first-order chi connectivity index (χ1) is 13.1. The molecule has 0 radical (unpaired) electrons. The van der Waals surface area contributed by atoms with Gasteiger partial charge in [0.25, 0.3) is 5.91 Å². The summed E-state index contributed by atoms with van der Waals surface area (Å²) in [7, 11) is 0. The van der Waals surface area contributed by atoms with Gasteiger partial charge in [0.05, 0.1) is 5.56 Å². The molecule has 1 amide bonds. The van der Waals surface area contributed by atoms with Gasteiger partial charge in [-0.1, -0.05) is 18.2 Å². The van der Waals surface area contributed by atoms with Crippen LogP contribution in [-0.2, 0) is 9.53 Å². The van der Waals surface area contributed by atoms with E-state index < -0.39 is 11.9 Å². The molecule has 6 nitrogen and oxygen atoms in total. The lowest BCUT2D eigenvalue weighted by Crippen LogP contribution is -2.20. The highest BCUT2D eigenvalue weighted by Crippen LogP contribution is 2.22. The number of hydrogen-bond acceptors (Lipinski definition) is 5. The Labute approximate surface area is 156 Å².